The molecule has 1 aromatic rings. The first-order valence-electron chi connectivity index (χ1n) is 8.16. The molecule has 2 heterocycles. The minimum Gasteiger partial charge on any atom is -0.478 e. The molecule has 138 valence electrons. The van der Waals surface area contributed by atoms with E-state index in [1.807, 2.05) is 4.90 Å². The number of imide groups is 1. The fraction of sp³-hybridized carbons (Fsp3) is 0.353. The van der Waals surface area contributed by atoms with Gasteiger partial charge in [0.05, 0.1) is 37.6 Å². The van der Waals surface area contributed by atoms with Crippen molar-refractivity contribution in [2.24, 2.45) is 0 Å². The van der Waals surface area contributed by atoms with E-state index in [0.29, 0.717) is 26.3 Å². The van der Waals surface area contributed by atoms with Gasteiger partial charge in [0.25, 0.3) is 11.8 Å². The molecule has 1 fully saturated rings. The van der Waals surface area contributed by atoms with Crippen LogP contribution in [0.2, 0.25) is 0 Å². The summed E-state index contributed by atoms with van der Waals surface area (Å²) in [5.74, 6) is -2.30. The number of aliphatic hydroxyl groups is 1. The Morgan fingerprint density at radius 1 is 1.23 bits per heavy atom. The van der Waals surface area contributed by atoms with Crippen molar-refractivity contribution in [1.82, 2.24) is 4.90 Å². The van der Waals surface area contributed by atoms with Crippen molar-refractivity contribution >= 4 is 29.2 Å². The molecule has 0 saturated carbocycles. The summed E-state index contributed by atoms with van der Waals surface area (Å²) >= 11 is 0. The predicted molar refractivity (Wildman–Crippen MR) is 91.9 cm³/mol. The molecule has 0 atom stereocenters. The SMILES string of the molecule is O=C(O)c1ccc(N2CCOCC2)cc1NC1=CC(=O)N(CCO)C1=O. The second-order valence-corrected chi connectivity index (χ2v) is 5.84. The number of carbonyl (C=O) groups excluding carboxylic acids is 2. The Morgan fingerprint density at radius 3 is 2.62 bits per heavy atom. The first-order valence-corrected chi connectivity index (χ1v) is 8.16. The van der Waals surface area contributed by atoms with Gasteiger partial charge in [-0.1, -0.05) is 0 Å². The van der Waals surface area contributed by atoms with Crippen molar-refractivity contribution in [2.75, 3.05) is 49.7 Å². The van der Waals surface area contributed by atoms with Gasteiger partial charge in [-0.05, 0) is 18.2 Å². The summed E-state index contributed by atoms with van der Waals surface area (Å²) in [6.45, 7) is 2.06. The average molecular weight is 361 g/mol. The van der Waals surface area contributed by atoms with E-state index in [4.69, 9.17) is 9.84 Å². The number of carboxylic acid groups (broad SMARTS) is 1. The molecule has 2 aliphatic heterocycles. The molecule has 9 heteroatoms. The van der Waals surface area contributed by atoms with Crippen LogP contribution in [-0.4, -0.2) is 72.4 Å². The van der Waals surface area contributed by atoms with Gasteiger partial charge < -0.3 is 25.2 Å². The second kappa shape index (κ2) is 7.54. The third kappa shape index (κ3) is 3.53. The van der Waals surface area contributed by atoms with Gasteiger partial charge in [-0.3, -0.25) is 14.5 Å². The molecular weight excluding hydrogens is 342 g/mol. The van der Waals surface area contributed by atoms with Gasteiger partial charge in [-0.25, -0.2) is 4.79 Å². The first kappa shape index (κ1) is 17.9. The van der Waals surface area contributed by atoms with E-state index < -0.39 is 17.8 Å². The number of hydrogen-bond donors (Lipinski definition) is 3. The van der Waals surface area contributed by atoms with E-state index in [-0.39, 0.29) is 30.1 Å². The summed E-state index contributed by atoms with van der Waals surface area (Å²) in [4.78, 5) is 38.6. The molecule has 2 amide bonds. The molecular formula is C17H19N3O6. The van der Waals surface area contributed by atoms with Crippen molar-refractivity contribution in [3.63, 3.8) is 0 Å². The lowest BCUT2D eigenvalue weighted by Gasteiger charge is -2.29. The number of morpholine rings is 1. The number of carboxylic acids is 1. The molecule has 3 N–H and O–H groups in total. The monoisotopic (exact) mass is 361 g/mol. The number of nitrogens with zero attached hydrogens (tertiary/aromatic N) is 2. The van der Waals surface area contributed by atoms with Gasteiger partial charge in [0.1, 0.15) is 5.70 Å². The van der Waals surface area contributed by atoms with Crippen LogP contribution in [0.5, 0.6) is 0 Å². The van der Waals surface area contributed by atoms with E-state index in [0.717, 1.165) is 16.7 Å². The van der Waals surface area contributed by atoms with Gasteiger partial charge in [0.15, 0.2) is 0 Å². The summed E-state index contributed by atoms with van der Waals surface area (Å²) in [6.07, 6.45) is 1.10. The topological polar surface area (TPSA) is 119 Å². The van der Waals surface area contributed by atoms with Crippen LogP contribution in [0.1, 0.15) is 10.4 Å². The normalized spacial score (nSPS) is 17.5. The summed E-state index contributed by atoms with van der Waals surface area (Å²) in [5.41, 5.74) is 0.985. The number of rotatable bonds is 6. The molecule has 0 aromatic heterocycles. The molecule has 0 bridgehead atoms. The quantitative estimate of drug-likeness (QED) is 0.600. The number of aromatic carboxylic acids is 1. The van der Waals surface area contributed by atoms with Crippen LogP contribution in [0.3, 0.4) is 0 Å². The standard InChI is InChI=1S/C17H19N3O6/c21-6-3-20-15(22)10-14(16(20)23)18-13-9-11(1-2-12(13)17(24)25)19-4-7-26-8-5-19/h1-2,9-10,18,21H,3-8H2,(H,24,25). The van der Waals surface area contributed by atoms with Gasteiger partial charge in [0.2, 0.25) is 0 Å². The largest absolute Gasteiger partial charge is 0.478 e. The number of nitrogens with one attached hydrogen (secondary N) is 1. The highest BCUT2D eigenvalue weighted by atomic mass is 16.5. The molecule has 26 heavy (non-hydrogen) atoms. The van der Waals surface area contributed by atoms with E-state index in [1.54, 1.807) is 12.1 Å². The highest BCUT2D eigenvalue weighted by molar-refractivity contribution is 6.17. The Balaban J connectivity index is 1.88. The maximum absolute atomic E-state index is 12.3. The molecule has 3 rings (SSSR count). The Bertz CT molecular complexity index is 770. The van der Waals surface area contributed by atoms with E-state index >= 15 is 0 Å². The number of amides is 2. The van der Waals surface area contributed by atoms with Crippen LogP contribution >= 0.6 is 0 Å². The number of hydrogen-bond acceptors (Lipinski definition) is 7. The highest BCUT2D eigenvalue weighted by Crippen LogP contribution is 2.27. The van der Waals surface area contributed by atoms with Crippen molar-refractivity contribution in [2.45, 2.75) is 0 Å². The van der Waals surface area contributed by atoms with Crippen LogP contribution in [0, 0.1) is 0 Å². The fourth-order valence-electron chi connectivity index (χ4n) is 2.90. The number of anilines is 2. The molecule has 2 aliphatic rings. The van der Waals surface area contributed by atoms with Gasteiger partial charge in [-0.15, -0.1) is 0 Å². The zero-order chi connectivity index (χ0) is 18.7. The number of β-amino-alcohol motifs (C(OH)–C–C–N with tert-alkyl or cyclic N) is 1. The lowest BCUT2D eigenvalue weighted by Crippen LogP contribution is -2.36. The van der Waals surface area contributed by atoms with Crippen LogP contribution < -0.4 is 10.2 Å². The molecule has 1 aromatic carbocycles. The molecule has 1 saturated heterocycles. The average Bonchev–Trinajstić information content (AvgIpc) is 2.90. The summed E-state index contributed by atoms with van der Waals surface area (Å²) in [6, 6.07) is 4.80. The second-order valence-electron chi connectivity index (χ2n) is 5.84. The maximum Gasteiger partial charge on any atom is 0.337 e. The Kier molecular flexibility index (Phi) is 5.19. The molecule has 0 spiro atoms. The van der Waals surface area contributed by atoms with E-state index in [1.165, 1.54) is 6.07 Å². The lowest BCUT2D eigenvalue weighted by atomic mass is 10.1. The first-order chi connectivity index (χ1) is 12.5. The molecule has 0 aliphatic carbocycles. The highest BCUT2D eigenvalue weighted by Gasteiger charge is 2.31. The Hall–Kier alpha value is -2.91. The molecule has 9 nitrogen and oxygen atoms in total. The molecule has 0 unspecified atom stereocenters. The number of aliphatic hydroxyl groups excluding tert-OH is 1. The van der Waals surface area contributed by atoms with Crippen molar-refractivity contribution < 1.29 is 29.3 Å². The van der Waals surface area contributed by atoms with Gasteiger partial charge in [-0.2, -0.15) is 0 Å². The summed E-state index contributed by atoms with van der Waals surface area (Å²) in [5, 5.41) is 21.1. The van der Waals surface area contributed by atoms with Crippen LogP contribution in [0.25, 0.3) is 0 Å². The predicted octanol–water partition coefficient (Wildman–Crippen LogP) is -0.122. The summed E-state index contributed by atoms with van der Waals surface area (Å²) < 4.78 is 5.31. The number of benzene rings is 1. The maximum atomic E-state index is 12.3. The van der Waals surface area contributed by atoms with Gasteiger partial charge in [0, 0.05) is 24.9 Å². The van der Waals surface area contributed by atoms with Crippen molar-refractivity contribution in [3.8, 4) is 0 Å². The van der Waals surface area contributed by atoms with E-state index in [2.05, 4.69) is 5.32 Å². The molecule has 0 radical (unpaired) electrons. The van der Waals surface area contributed by atoms with Crippen molar-refractivity contribution in [1.29, 1.82) is 0 Å². The smallest absolute Gasteiger partial charge is 0.337 e. The third-order valence-electron chi connectivity index (χ3n) is 4.21. The number of ether oxygens (including phenoxy) is 1. The third-order valence-corrected chi connectivity index (χ3v) is 4.21. The summed E-state index contributed by atoms with van der Waals surface area (Å²) in [7, 11) is 0. The van der Waals surface area contributed by atoms with Crippen LogP contribution in [0.4, 0.5) is 11.4 Å². The van der Waals surface area contributed by atoms with Crippen LogP contribution in [0.15, 0.2) is 30.0 Å². The fourth-order valence-corrected chi connectivity index (χ4v) is 2.90. The Morgan fingerprint density at radius 2 is 1.96 bits per heavy atom. The lowest BCUT2D eigenvalue weighted by molar-refractivity contribution is -0.137. The minimum atomic E-state index is -1.15. The Labute approximate surface area is 149 Å². The minimum absolute atomic E-state index is 0.0104. The van der Waals surface area contributed by atoms with Crippen molar-refractivity contribution in [3.05, 3.63) is 35.5 Å². The van der Waals surface area contributed by atoms with E-state index in [9.17, 15) is 19.5 Å². The zero-order valence-corrected chi connectivity index (χ0v) is 14.0. The zero-order valence-electron chi connectivity index (χ0n) is 14.0. The number of carbonyl (C=O) groups is 3. The van der Waals surface area contributed by atoms with Crippen LogP contribution in [-0.2, 0) is 14.3 Å². The van der Waals surface area contributed by atoms with Gasteiger partial charge >= 0.3 is 5.97 Å².